The smallest absolute Gasteiger partial charge is 0.242 e. The Hall–Kier alpha value is -2.81. The minimum absolute atomic E-state index is 0.0442. The number of benzene rings is 2. The van der Waals surface area contributed by atoms with Gasteiger partial charge >= 0.3 is 0 Å². The second-order valence-corrected chi connectivity index (χ2v) is 9.04. The summed E-state index contributed by atoms with van der Waals surface area (Å²) in [5.41, 5.74) is 8.25. The first kappa shape index (κ1) is 25.3. The van der Waals surface area contributed by atoms with Gasteiger partial charge in [-0.15, -0.1) is 0 Å². The lowest BCUT2D eigenvalue weighted by Gasteiger charge is -2.32. The molecule has 2 fully saturated rings. The highest BCUT2D eigenvalue weighted by atomic mass is 16.5. The van der Waals surface area contributed by atoms with Gasteiger partial charge in [0.2, 0.25) is 5.91 Å². The fraction of sp³-hybridized carbons (Fsp3) is 0.519. The molecule has 8 nitrogen and oxygen atoms in total. The van der Waals surface area contributed by atoms with E-state index >= 15 is 0 Å². The minimum atomic E-state index is -0.400. The number of aromatic hydroxyl groups is 1. The van der Waals surface area contributed by atoms with Crippen molar-refractivity contribution in [1.29, 1.82) is 0 Å². The highest BCUT2D eigenvalue weighted by molar-refractivity contribution is 5.86. The number of carbonyl (C=O) groups excluding carboxylic acids is 1. The van der Waals surface area contributed by atoms with E-state index in [2.05, 4.69) is 17.8 Å². The van der Waals surface area contributed by atoms with Gasteiger partial charge < -0.3 is 24.2 Å². The number of para-hydroxylation sites is 1. The zero-order valence-electron chi connectivity index (χ0n) is 20.8. The average Bonchev–Trinajstić information content (AvgIpc) is 3.40. The summed E-state index contributed by atoms with van der Waals surface area (Å²) in [7, 11) is 1.67. The van der Waals surface area contributed by atoms with Crippen molar-refractivity contribution in [3.8, 4) is 17.2 Å². The quantitative estimate of drug-likeness (QED) is 0.396. The molecule has 2 aromatic carbocycles. The minimum Gasteiger partial charge on any atom is -0.508 e. The second kappa shape index (κ2) is 11.7. The summed E-state index contributed by atoms with van der Waals surface area (Å²) < 4.78 is 17.2. The molecule has 2 saturated heterocycles. The van der Waals surface area contributed by atoms with Gasteiger partial charge in [0.05, 0.1) is 25.3 Å². The van der Waals surface area contributed by atoms with E-state index in [0.717, 1.165) is 36.1 Å². The first-order chi connectivity index (χ1) is 17.1. The van der Waals surface area contributed by atoms with Gasteiger partial charge in [-0.2, -0.15) is 0 Å². The van der Waals surface area contributed by atoms with Crippen LogP contribution in [0.1, 0.15) is 56.3 Å². The van der Waals surface area contributed by atoms with E-state index in [1.165, 1.54) is 0 Å². The zero-order valence-corrected chi connectivity index (χ0v) is 20.8. The number of hydrogen-bond donors (Lipinski definition) is 3. The maximum atomic E-state index is 13.5. The maximum absolute atomic E-state index is 13.5. The van der Waals surface area contributed by atoms with E-state index in [9.17, 15) is 9.90 Å². The lowest BCUT2D eigenvalue weighted by atomic mass is 9.83. The van der Waals surface area contributed by atoms with E-state index in [-0.39, 0.29) is 29.7 Å². The number of likely N-dealkylation sites (tertiary alicyclic amines) is 1. The summed E-state index contributed by atoms with van der Waals surface area (Å²) in [4.78, 5) is 15.5. The van der Waals surface area contributed by atoms with Gasteiger partial charge in [-0.25, -0.2) is 10.9 Å². The van der Waals surface area contributed by atoms with Crippen molar-refractivity contribution < 1.29 is 24.1 Å². The van der Waals surface area contributed by atoms with E-state index in [1.807, 2.05) is 42.2 Å². The van der Waals surface area contributed by atoms with Crippen LogP contribution < -0.4 is 20.3 Å². The monoisotopic (exact) mass is 483 g/mol. The van der Waals surface area contributed by atoms with Crippen LogP contribution in [0.4, 0.5) is 0 Å². The van der Waals surface area contributed by atoms with Gasteiger partial charge in [0.1, 0.15) is 11.8 Å². The van der Waals surface area contributed by atoms with Crippen LogP contribution in [-0.4, -0.2) is 55.4 Å². The number of rotatable bonds is 12. The van der Waals surface area contributed by atoms with Crippen molar-refractivity contribution in [3.63, 3.8) is 0 Å². The number of nitrogens with zero attached hydrogens (tertiary/aromatic N) is 1. The number of methoxy groups -OCH3 is 1. The molecular weight excluding hydrogens is 446 g/mol. The highest BCUT2D eigenvalue weighted by Crippen LogP contribution is 2.49. The van der Waals surface area contributed by atoms with E-state index < -0.39 is 6.04 Å². The first-order valence-electron chi connectivity index (χ1n) is 12.6. The number of nitrogens with one attached hydrogen (secondary N) is 2. The lowest BCUT2D eigenvalue weighted by Crippen LogP contribution is -2.41. The Morgan fingerprint density at radius 1 is 0.971 bits per heavy atom. The second-order valence-electron chi connectivity index (χ2n) is 9.04. The standard InChI is InChI=1S/C27H37N3O5/c1-4-6-16-35-21-13-12-18(17-22(21)34-5-2)26-23-24(19-10-7-8-11-20(19)31)28-29-25(23)27(32)30(26)14-9-15-33-3/h7-8,10-13,17,23-26,28-29,31H,4-6,9,14-16H2,1-3H3. The van der Waals surface area contributed by atoms with Crippen LogP contribution in [-0.2, 0) is 9.53 Å². The first-order valence-corrected chi connectivity index (χ1v) is 12.6. The van der Waals surface area contributed by atoms with Crippen molar-refractivity contribution in [2.24, 2.45) is 5.92 Å². The van der Waals surface area contributed by atoms with Crippen LogP contribution in [0, 0.1) is 5.92 Å². The average molecular weight is 484 g/mol. The molecule has 4 rings (SSSR count). The molecule has 3 N–H and O–H groups in total. The summed E-state index contributed by atoms with van der Waals surface area (Å²) in [6.45, 7) is 6.40. The third-order valence-corrected chi connectivity index (χ3v) is 6.80. The molecule has 0 saturated carbocycles. The van der Waals surface area contributed by atoms with Crippen LogP contribution in [0.2, 0.25) is 0 Å². The number of phenolic OH excluding ortho intramolecular Hbond substituents is 1. The summed E-state index contributed by atoms with van der Waals surface area (Å²) in [6.07, 6.45) is 2.77. The van der Waals surface area contributed by atoms with E-state index in [4.69, 9.17) is 14.2 Å². The van der Waals surface area contributed by atoms with Gasteiger partial charge in [-0.05, 0) is 43.5 Å². The molecule has 2 aromatic rings. The maximum Gasteiger partial charge on any atom is 0.242 e. The van der Waals surface area contributed by atoms with Gasteiger partial charge in [-0.1, -0.05) is 37.6 Å². The van der Waals surface area contributed by atoms with E-state index in [1.54, 1.807) is 19.2 Å². The fourth-order valence-corrected chi connectivity index (χ4v) is 5.17. The molecule has 2 heterocycles. The van der Waals surface area contributed by atoms with Gasteiger partial charge in [0, 0.05) is 31.7 Å². The largest absolute Gasteiger partial charge is 0.508 e. The van der Waals surface area contributed by atoms with Crippen molar-refractivity contribution >= 4 is 5.91 Å². The normalized spacial score (nSPS) is 23.5. The number of unbranched alkanes of at least 4 members (excludes halogenated alkanes) is 1. The van der Waals surface area contributed by atoms with Crippen molar-refractivity contribution in [3.05, 3.63) is 53.6 Å². The molecule has 0 aliphatic carbocycles. The Balaban J connectivity index is 1.72. The zero-order chi connectivity index (χ0) is 24.8. The summed E-state index contributed by atoms with van der Waals surface area (Å²) >= 11 is 0. The SMILES string of the molecule is CCCCOc1ccc(C2C3C(NNC3c3ccccc3O)C(=O)N2CCCOC)cc1OCC. The molecule has 2 aliphatic heterocycles. The Morgan fingerprint density at radius 2 is 1.77 bits per heavy atom. The Kier molecular flexibility index (Phi) is 8.49. The van der Waals surface area contributed by atoms with Gasteiger partial charge in [0.25, 0.3) is 0 Å². The number of hydrogen-bond acceptors (Lipinski definition) is 7. The predicted octanol–water partition coefficient (Wildman–Crippen LogP) is 3.72. The van der Waals surface area contributed by atoms with Crippen LogP contribution in [0.25, 0.3) is 0 Å². The summed E-state index contributed by atoms with van der Waals surface area (Å²) in [6, 6.07) is 12.4. The third-order valence-electron chi connectivity index (χ3n) is 6.80. The Labute approximate surface area is 207 Å². The molecule has 0 radical (unpaired) electrons. The number of amides is 1. The number of phenols is 1. The Bertz CT molecular complexity index is 1000. The van der Waals surface area contributed by atoms with Crippen LogP contribution in [0.15, 0.2) is 42.5 Å². The molecule has 2 aliphatic rings. The Morgan fingerprint density at radius 3 is 2.51 bits per heavy atom. The molecular formula is C27H37N3O5. The molecule has 8 heteroatoms. The topological polar surface area (TPSA) is 92.3 Å². The molecule has 190 valence electrons. The lowest BCUT2D eigenvalue weighted by molar-refractivity contribution is -0.131. The molecule has 35 heavy (non-hydrogen) atoms. The van der Waals surface area contributed by atoms with Crippen molar-refractivity contribution in [2.45, 2.75) is 51.2 Å². The number of carbonyl (C=O) groups is 1. The predicted molar refractivity (Wildman–Crippen MR) is 133 cm³/mol. The van der Waals surface area contributed by atoms with E-state index in [0.29, 0.717) is 32.1 Å². The third kappa shape index (κ3) is 5.24. The summed E-state index contributed by atoms with van der Waals surface area (Å²) in [5.74, 6) is 1.54. The van der Waals surface area contributed by atoms with Gasteiger partial charge in [-0.3, -0.25) is 4.79 Å². The highest BCUT2D eigenvalue weighted by Gasteiger charge is 2.55. The molecule has 4 unspecified atom stereocenters. The molecule has 1 amide bonds. The van der Waals surface area contributed by atoms with Crippen LogP contribution in [0.5, 0.6) is 17.2 Å². The van der Waals surface area contributed by atoms with Crippen molar-refractivity contribution in [2.75, 3.05) is 33.5 Å². The molecule has 0 aromatic heterocycles. The molecule has 0 spiro atoms. The summed E-state index contributed by atoms with van der Waals surface area (Å²) in [5, 5.41) is 10.6. The number of ether oxygens (including phenoxy) is 3. The van der Waals surface area contributed by atoms with Crippen molar-refractivity contribution in [1.82, 2.24) is 15.8 Å². The van der Waals surface area contributed by atoms with Crippen LogP contribution >= 0.6 is 0 Å². The van der Waals surface area contributed by atoms with Crippen LogP contribution in [0.3, 0.4) is 0 Å². The number of fused-ring (bicyclic) bond motifs is 1. The van der Waals surface area contributed by atoms with Gasteiger partial charge in [0.15, 0.2) is 11.5 Å². The molecule has 4 atom stereocenters. The fourth-order valence-electron chi connectivity index (χ4n) is 5.17. The number of hydrazine groups is 1. The molecule has 0 bridgehead atoms.